The maximum atomic E-state index is 11.8. The largest absolute Gasteiger partial charge is 0.466 e. The van der Waals surface area contributed by atoms with Crippen LogP contribution in [-0.4, -0.2) is 12.6 Å². The average Bonchev–Trinajstić information content (AvgIpc) is 2.61. The van der Waals surface area contributed by atoms with Gasteiger partial charge in [0.2, 0.25) is 0 Å². The molecule has 0 aromatic heterocycles. The third-order valence-electron chi connectivity index (χ3n) is 6.20. The molecule has 2 aliphatic carbocycles. The van der Waals surface area contributed by atoms with E-state index in [2.05, 4.69) is 19.1 Å². The molecule has 2 nitrogen and oxygen atoms in total. The number of allylic oxidation sites excluding steroid dienone is 2. The smallest absolute Gasteiger partial charge is 0.308 e. The van der Waals surface area contributed by atoms with Crippen molar-refractivity contribution in [3.8, 4) is 0 Å². The second-order valence-corrected chi connectivity index (χ2v) is 8.04. The topological polar surface area (TPSA) is 26.3 Å². The van der Waals surface area contributed by atoms with Crippen molar-refractivity contribution < 1.29 is 9.53 Å². The Morgan fingerprint density at radius 3 is 2.12 bits per heavy atom. The lowest BCUT2D eigenvalue weighted by atomic mass is 9.78. The van der Waals surface area contributed by atoms with Crippen LogP contribution < -0.4 is 0 Å². The number of ether oxygens (including phenoxy) is 1. The van der Waals surface area contributed by atoms with Crippen molar-refractivity contribution in [2.24, 2.45) is 23.7 Å². The van der Waals surface area contributed by atoms with E-state index in [1.54, 1.807) is 0 Å². The predicted molar refractivity (Wildman–Crippen MR) is 101 cm³/mol. The molecular weight excluding hydrogens is 296 g/mol. The van der Waals surface area contributed by atoms with E-state index in [1.165, 1.54) is 51.4 Å². The molecule has 2 rings (SSSR count). The van der Waals surface area contributed by atoms with Crippen LogP contribution in [0.25, 0.3) is 0 Å². The highest BCUT2D eigenvalue weighted by molar-refractivity contribution is 5.72. The molecular formula is C22H38O2. The maximum Gasteiger partial charge on any atom is 0.308 e. The van der Waals surface area contributed by atoms with Crippen LogP contribution in [0, 0.1) is 23.7 Å². The summed E-state index contributed by atoms with van der Waals surface area (Å²) in [5.41, 5.74) is 0. The molecule has 0 N–H and O–H groups in total. The summed E-state index contributed by atoms with van der Waals surface area (Å²) in [6.45, 7) is 4.72. The van der Waals surface area contributed by atoms with Gasteiger partial charge < -0.3 is 4.74 Å². The minimum Gasteiger partial charge on any atom is -0.466 e. The van der Waals surface area contributed by atoms with Crippen LogP contribution in [0.3, 0.4) is 0 Å². The average molecular weight is 335 g/mol. The van der Waals surface area contributed by atoms with E-state index in [1.807, 2.05) is 6.92 Å². The summed E-state index contributed by atoms with van der Waals surface area (Å²) >= 11 is 0. The molecule has 2 fully saturated rings. The molecule has 0 radical (unpaired) electrons. The fraction of sp³-hybridized carbons (Fsp3) is 0.864. The summed E-state index contributed by atoms with van der Waals surface area (Å²) < 4.78 is 5.15. The summed E-state index contributed by atoms with van der Waals surface area (Å²) in [6, 6.07) is 0. The molecule has 0 aromatic rings. The second-order valence-electron chi connectivity index (χ2n) is 8.04. The molecule has 0 heterocycles. The van der Waals surface area contributed by atoms with Crippen molar-refractivity contribution in [2.45, 2.75) is 90.9 Å². The van der Waals surface area contributed by atoms with Crippen LogP contribution >= 0.6 is 0 Å². The Morgan fingerprint density at radius 2 is 1.54 bits per heavy atom. The number of hydrogen-bond acceptors (Lipinski definition) is 2. The molecule has 0 amide bonds. The van der Waals surface area contributed by atoms with Gasteiger partial charge >= 0.3 is 5.97 Å². The van der Waals surface area contributed by atoms with Gasteiger partial charge in [-0.2, -0.15) is 0 Å². The van der Waals surface area contributed by atoms with Gasteiger partial charge in [-0.25, -0.2) is 0 Å². The molecule has 2 heteroatoms. The van der Waals surface area contributed by atoms with Crippen molar-refractivity contribution in [2.75, 3.05) is 6.61 Å². The van der Waals surface area contributed by atoms with Crippen LogP contribution in [0.5, 0.6) is 0 Å². The number of hydrogen-bond donors (Lipinski definition) is 0. The Hall–Kier alpha value is -0.790. The van der Waals surface area contributed by atoms with Crippen molar-refractivity contribution in [1.82, 2.24) is 0 Å². The van der Waals surface area contributed by atoms with Crippen molar-refractivity contribution in [3.63, 3.8) is 0 Å². The van der Waals surface area contributed by atoms with Crippen molar-refractivity contribution in [3.05, 3.63) is 12.2 Å². The van der Waals surface area contributed by atoms with E-state index in [9.17, 15) is 4.79 Å². The number of carbonyl (C=O) groups is 1. The lowest BCUT2D eigenvalue weighted by Crippen LogP contribution is -2.23. The van der Waals surface area contributed by atoms with Crippen LogP contribution in [-0.2, 0) is 9.53 Å². The van der Waals surface area contributed by atoms with Gasteiger partial charge in [0.15, 0.2) is 0 Å². The van der Waals surface area contributed by atoms with Gasteiger partial charge in [0.25, 0.3) is 0 Å². The standard InChI is InChI=1S/C22H38O2/c1-3-7-18-10-12-19(13-11-18)8-5-6-9-20-14-16-21(17-15-20)22(23)24-4-2/h6,9,18-21H,3-5,7-8,10-17H2,1-2H3/b9-6+. The van der Waals surface area contributed by atoms with E-state index >= 15 is 0 Å². The first kappa shape index (κ1) is 19.5. The molecule has 0 aromatic carbocycles. The fourth-order valence-corrected chi connectivity index (χ4v) is 4.65. The zero-order valence-electron chi connectivity index (χ0n) is 16.0. The van der Waals surface area contributed by atoms with E-state index in [0.29, 0.717) is 12.5 Å². The molecule has 2 saturated carbocycles. The normalized spacial score (nSPS) is 31.2. The first-order valence-electron chi connectivity index (χ1n) is 10.6. The van der Waals surface area contributed by atoms with Gasteiger partial charge in [0.05, 0.1) is 12.5 Å². The molecule has 0 unspecified atom stereocenters. The van der Waals surface area contributed by atoms with Crippen molar-refractivity contribution in [1.29, 1.82) is 0 Å². The Balaban J connectivity index is 1.56. The lowest BCUT2D eigenvalue weighted by Gasteiger charge is -2.28. The van der Waals surface area contributed by atoms with Gasteiger partial charge in [0, 0.05) is 0 Å². The highest BCUT2D eigenvalue weighted by Crippen LogP contribution is 2.34. The van der Waals surface area contributed by atoms with Gasteiger partial charge in [-0.1, -0.05) is 57.6 Å². The van der Waals surface area contributed by atoms with Crippen LogP contribution in [0.15, 0.2) is 12.2 Å². The van der Waals surface area contributed by atoms with Crippen LogP contribution in [0.4, 0.5) is 0 Å². The third-order valence-corrected chi connectivity index (χ3v) is 6.20. The minimum atomic E-state index is 0.0265. The monoisotopic (exact) mass is 334 g/mol. The van der Waals surface area contributed by atoms with Crippen molar-refractivity contribution >= 4 is 5.97 Å². The zero-order valence-corrected chi connectivity index (χ0v) is 16.0. The summed E-state index contributed by atoms with van der Waals surface area (Å²) in [7, 11) is 0. The maximum absolute atomic E-state index is 11.8. The van der Waals surface area contributed by atoms with Gasteiger partial charge in [0.1, 0.15) is 0 Å². The molecule has 138 valence electrons. The SMILES string of the molecule is CCCC1CCC(CC/C=C/C2CCC(C(=O)OCC)CC2)CC1. The molecule has 0 spiro atoms. The number of rotatable bonds is 8. The quantitative estimate of drug-likeness (QED) is 0.384. The Labute approximate surface area is 149 Å². The molecule has 0 bridgehead atoms. The first-order chi connectivity index (χ1) is 11.7. The van der Waals surface area contributed by atoms with Gasteiger partial charge in [-0.05, 0) is 63.2 Å². The van der Waals surface area contributed by atoms with Crippen LogP contribution in [0.2, 0.25) is 0 Å². The number of carbonyl (C=O) groups excluding carboxylic acids is 1. The van der Waals surface area contributed by atoms with Gasteiger partial charge in [-0.15, -0.1) is 0 Å². The minimum absolute atomic E-state index is 0.0265. The highest BCUT2D eigenvalue weighted by Gasteiger charge is 2.26. The Kier molecular flexibility index (Phi) is 8.91. The molecule has 24 heavy (non-hydrogen) atoms. The Morgan fingerprint density at radius 1 is 0.917 bits per heavy atom. The van der Waals surface area contributed by atoms with E-state index in [-0.39, 0.29) is 11.9 Å². The fourth-order valence-electron chi connectivity index (χ4n) is 4.65. The van der Waals surface area contributed by atoms with E-state index < -0.39 is 0 Å². The lowest BCUT2D eigenvalue weighted by molar-refractivity contribution is -0.149. The molecule has 0 aliphatic heterocycles. The third kappa shape index (κ3) is 6.61. The Bertz CT molecular complexity index is 371. The molecule has 2 aliphatic rings. The zero-order chi connectivity index (χ0) is 17.2. The summed E-state index contributed by atoms with van der Waals surface area (Å²) in [4.78, 5) is 11.8. The highest BCUT2D eigenvalue weighted by atomic mass is 16.5. The predicted octanol–water partition coefficient (Wildman–Crippen LogP) is 6.30. The summed E-state index contributed by atoms with van der Waals surface area (Å²) in [5, 5.41) is 0. The first-order valence-corrected chi connectivity index (χ1v) is 10.6. The van der Waals surface area contributed by atoms with Gasteiger partial charge in [-0.3, -0.25) is 4.79 Å². The molecule has 0 saturated heterocycles. The summed E-state index contributed by atoms with van der Waals surface area (Å²) in [5.74, 6) is 2.88. The number of esters is 1. The summed E-state index contributed by atoms with van der Waals surface area (Å²) in [6.07, 6.45) is 20.5. The molecule has 0 atom stereocenters. The van der Waals surface area contributed by atoms with E-state index in [4.69, 9.17) is 4.74 Å². The second kappa shape index (κ2) is 10.9. The van der Waals surface area contributed by atoms with E-state index in [0.717, 1.165) is 37.5 Å². The van der Waals surface area contributed by atoms with Crippen LogP contribution in [0.1, 0.15) is 90.9 Å².